The highest BCUT2D eigenvalue weighted by atomic mass is 32.2. The molecule has 2 aromatic heterocycles. The predicted molar refractivity (Wildman–Crippen MR) is 120 cm³/mol. The summed E-state index contributed by atoms with van der Waals surface area (Å²) in [5, 5.41) is 8.20. The average molecular weight is 426 g/mol. The third-order valence-corrected chi connectivity index (χ3v) is 6.94. The molecule has 7 nitrogen and oxygen atoms in total. The maximum absolute atomic E-state index is 13.3. The van der Waals surface area contributed by atoms with Crippen LogP contribution in [0.3, 0.4) is 0 Å². The summed E-state index contributed by atoms with van der Waals surface area (Å²) in [4.78, 5) is 31.0. The van der Waals surface area contributed by atoms with Crippen molar-refractivity contribution in [2.24, 2.45) is 7.05 Å². The van der Waals surface area contributed by atoms with Gasteiger partial charge < -0.3 is 5.32 Å². The van der Waals surface area contributed by atoms with Crippen LogP contribution in [0.2, 0.25) is 0 Å². The van der Waals surface area contributed by atoms with Gasteiger partial charge in [0.2, 0.25) is 5.91 Å². The van der Waals surface area contributed by atoms with E-state index in [-0.39, 0.29) is 17.5 Å². The number of benzene rings is 1. The highest BCUT2D eigenvalue weighted by Crippen LogP contribution is 2.33. The van der Waals surface area contributed by atoms with Gasteiger partial charge in [-0.05, 0) is 45.7 Å². The van der Waals surface area contributed by atoms with E-state index < -0.39 is 5.25 Å². The van der Waals surface area contributed by atoms with Crippen molar-refractivity contribution in [3.05, 3.63) is 46.0 Å². The molecular formula is C22H27N5O2S. The monoisotopic (exact) mass is 425 g/mol. The number of nitrogens with zero attached hydrogens (tertiary/aromatic N) is 4. The first-order valence-electron chi connectivity index (χ1n) is 10.4. The van der Waals surface area contributed by atoms with Crippen molar-refractivity contribution in [3.8, 4) is 0 Å². The molecule has 1 aliphatic rings. The van der Waals surface area contributed by atoms with Crippen LogP contribution in [0.1, 0.15) is 50.0 Å². The van der Waals surface area contributed by atoms with Crippen LogP contribution < -0.4 is 10.9 Å². The molecule has 0 bridgehead atoms. The van der Waals surface area contributed by atoms with Crippen LogP contribution in [-0.4, -0.2) is 30.5 Å². The van der Waals surface area contributed by atoms with E-state index in [1.165, 1.54) is 11.8 Å². The van der Waals surface area contributed by atoms with Gasteiger partial charge in [0.1, 0.15) is 0 Å². The second-order valence-corrected chi connectivity index (χ2v) is 9.25. The summed E-state index contributed by atoms with van der Waals surface area (Å²) in [7, 11) is 1.86. The lowest BCUT2D eigenvalue weighted by atomic mass is 10.2. The van der Waals surface area contributed by atoms with Gasteiger partial charge >= 0.3 is 0 Å². The van der Waals surface area contributed by atoms with Crippen molar-refractivity contribution in [1.29, 1.82) is 0 Å². The van der Waals surface area contributed by atoms with Gasteiger partial charge in [0, 0.05) is 13.1 Å². The summed E-state index contributed by atoms with van der Waals surface area (Å²) in [5.74, 6) is -0.125. The molecule has 0 radical (unpaired) electrons. The predicted octanol–water partition coefficient (Wildman–Crippen LogP) is 3.98. The van der Waals surface area contributed by atoms with Crippen LogP contribution in [0.25, 0.3) is 10.9 Å². The number of rotatable bonds is 5. The summed E-state index contributed by atoms with van der Waals surface area (Å²) < 4.78 is 3.58. The zero-order chi connectivity index (χ0) is 21.4. The zero-order valence-electron chi connectivity index (χ0n) is 17.8. The fourth-order valence-corrected chi connectivity index (χ4v) is 5.06. The summed E-state index contributed by atoms with van der Waals surface area (Å²) in [6, 6.07) is 7.58. The summed E-state index contributed by atoms with van der Waals surface area (Å²) in [6.07, 6.45) is 4.18. The number of anilines is 1. The number of aromatic nitrogens is 4. The molecule has 0 aliphatic heterocycles. The number of para-hydroxylation sites is 1. The zero-order valence-corrected chi connectivity index (χ0v) is 18.6. The number of hydrogen-bond acceptors (Lipinski definition) is 5. The first-order valence-corrected chi connectivity index (χ1v) is 11.2. The Morgan fingerprint density at radius 1 is 1.23 bits per heavy atom. The van der Waals surface area contributed by atoms with Crippen molar-refractivity contribution in [1.82, 2.24) is 19.3 Å². The minimum Gasteiger partial charge on any atom is -0.322 e. The van der Waals surface area contributed by atoms with Gasteiger partial charge in [-0.1, -0.05) is 36.7 Å². The maximum atomic E-state index is 13.3. The van der Waals surface area contributed by atoms with Gasteiger partial charge in [-0.25, -0.2) is 4.98 Å². The summed E-state index contributed by atoms with van der Waals surface area (Å²) in [5.41, 5.74) is 3.10. The van der Waals surface area contributed by atoms with Crippen molar-refractivity contribution >= 4 is 34.3 Å². The molecule has 1 N–H and O–H groups in total. The fourth-order valence-electron chi connectivity index (χ4n) is 4.08. The Hall–Kier alpha value is -2.61. The summed E-state index contributed by atoms with van der Waals surface area (Å²) in [6.45, 7) is 5.65. The molecule has 30 heavy (non-hydrogen) atoms. The average Bonchev–Trinajstić information content (AvgIpc) is 3.32. The Balaban J connectivity index is 1.66. The lowest BCUT2D eigenvalue weighted by Gasteiger charge is -2.20. The number of aryl methyl sites for hydroxylation is 2. The number of carbonyl (C=O) groups is 1. The van der Waals surface area contributed by atoms with Crippen LogP contribution in [0.4, 0.5) is 5.69 Å². The Kier molecular flexibility index (Phi) is 5.69. The molecule has 1 atom stereocenters. The second kappa shape index (κ2) is 8.26. The van der Waals surface area contributed by atoms with Gasteiger partial charge in [-0.2, -0.15) is 5.10 Å². The number of thioether (sulfide) groups is 1. The maximum Gasteiger partial charge on any atom is 0.262 e. The van der Waals surface area contributed by atoms with E-state index in [0.29, 0.717) is 16.1 Å². The number of carbonyl (C=O) groups excluding carboxylic acids is 1. The standard InChI is InChI=1S/C22H27N5O2S/c1-13-19(14(2)26(4)25-13)24-20(28)15(3)30-22-23-18-12-8-7-11-17(18)21(29)27(22)16-9-5-6-10-16/h7-8,11-12,15-16H,5-6,9-10H2,1-4H3,(H,24,28). The third-order valence-electron chi connectivity index (χ3n) is 5.87. The van der Waals surface area contributed by atoms with Crippen LogP contribution in [0.15, 0.2) is 34.2 Å². The van der Waals surface area contributed by atoms with E-state index >= 15 is 0 Å². The van der Waals surface area contributed by atoms with Gasteiger partial charge in [-0.15, -0.1) is 0 Å². The van der Waals surface area contributed by atoms with Crippen LogP contribution in [-0.2, 0) is 11.8 Å². The van der Waals surface area contributed by atoms with Crippen LogP contribution in [0, 0.1) is 13.8 Å². The molecule has 1 unspecified atom stereocenters. The van der Waals surface area contributed by atoms with E-state index in [9.17, 15) is 9.59 Å². The van der Waals surface area contributed by atoms with Gasteiger partial charge in [0.05, 0.1) is 33.2 Å². The topological polar surface area (TPSA) is 81.8 Å². The quantitative estimate of drug-likeness (QED) is 0.494. The van der Waals surface area contributed by atoms with Crippen molar-refractivity contribution in [3.63, 3.8) is 0 Å². The minimum absolute atomic E-state index is 0.0124. The SMILES string of the molecule is Cc1nn(C)c(C)c1NC(=O)C(C)Sc1nc2ccccc2c(=O)n1C1CCCC1. The molecule has 1 amide bonds. The number of amides is 1. The minimum atomic E-state index is -0.412. The van der Waals surface area contributed by atoms with E-state index in [1.54, 1.807) is 4.68 Å². The van der Waals surface area contributed by atoms with Gasteiger partial charge in [0.25, 0.3) is 5.56 Å². The molecule has 1 saturated carbocycles. The molecule has 0 spiro atoms. The smallest absolute Gasteiger partial charge is 0.262 e. The first kappa shape index (κ1) is 20.7. The second-order valence-electron chi connectivity index (χ2n) is 7.94. The molecule has 1 aromatic carbocycles. The molecule has 1 fully saturated rings. The van der Waals surface area contributed by atoms with E-state index in [4.69, 9.17) is 4.98 Å². The van der Waals surface area contributed by atoms with E-state index in [2.05, 4.69) is 10.4 Å². The van der Waals surface area contributed by atoms with Crippen molar-refractivity contribution < 1.29 is 4.79 Å². The van der Waals surface area contributed by atoms with Crippen molar-refractivity contribution in [2.45, 2.75) is 62.9 Å². The molecule has 0 saturated heterocycles. The largest absolute Gasteiger partial charge is 0.322 e. The van der Waals surface area contributed by atoms with Gasteiger partial charge in [-0.3, -0.25) is 18.8 Å². The number of fused-ring (bicyclic) bond motifs is 1. The fraction of sp³-hybridized carbons (Fsp3) is 0.455. The lowest BCUT2D eigenvalue weighted by molar-refractivity contribution is -0.115. The van der Waals surface area contributed by atoms with Crippen LogP contribution in [0.5, 0.6) is 0 Å². The third kappa shape index (κ3) is 3.76. The number of nitrogens with one attached hydrogen (secondary N) is 1. The first-order chi connectivity index (χ1) is 14.4. The van der Waals surface area contributed by atoms with Crippen LogP contribution >= 0.6 is 11.8 Å². The molecule has 3 aromatic rings. The van der Waals surface area contributed by atoms with E-state index in [1.807, 2.05) is 56.7 Å². The Labute approximate surface area is 179 Å². The normalized spacial score (nSPS) is 15.6. The Morgan fingerprint density at radius 3 is 2.60 bits per heavy atom. The molecule has 8 heteroatoms. The molecule has 4 rings (SSSR count). The number of hydrogen-bond donors (Lipinski definition) is 1. The molecular weight excluding hydrogens is 398 g/mol. The Bertz CT molecular complexity index is 1160. The highest BCUT2D eigenvalue weighted by molar-refractivity contribution is 8.00. The molecule has 2 heterocycles. The van der Waals surface area contributed by atoms with E-state index in [0.717, 1.165) is 42.8 Å². The molecule has 158 valence electrons. The lowest BCUT2D eigenvalue weighted by Crippen LogP contribution is -2.29. The Morgan fingerprint density at radius 2 is 1.93 bits per heavy atom. The van der Waals surface area contributed by atoms with Gasteiger partial charge in [0.15, 0.2) is 5.16 Å². The summed E-state index contributed by atoms with van der Waals surface area (Å²) >= 11 is 1.34. The highest BCUT2D eigenvalue weighted by Gasteiger charge is 2.26. The van der Waals surface area contributed by atoms with Crippen molar-refractivity contribution in [2.75, 3.05) is 5.32 Å². The molecule has 1 aliphatic carbocycles.